The molecular weight excluding hydrogens is 417 g/mol. The van der Waals surface area contributed by atoms with E-state index in [1.807, 2.05) is 36.6 Å². The van der Waals surface area contributed by atoms with Crippen molar-refractivity contribution in [2.45, 2.75) is 13.3 Å². The number of aromatic nitrogens is 1. The monoisotopic (exact) mass is 435 g/mol. The number of hydrazone groups is 1. The van der Waals surface area contributed by atoms with Gasteiger partial charge in [0.1, 0.15) is 5.75 Å². The first-order valence-corrected chi connectivity index (χ1v) is 10.2. The molecule has 1 N–H and O–H groups in total. The molecular formula is C20H19Cl2N3O2S. The number of nitrogens with zero attached hydrogens (tertiary/aromatic N) is 2. The lowest BCUT2D eigenvalue weighted by molar-refractivity contribution is 0.318. The van der Waals surface area contributed by atoms with Gasteiger partial charge in [-0.1, -0.05) is 42.3 Å². The van der Waals surface area contributed by atoms with Crippen molar-refractivity contribution in [3.8, 4) is 22.8 Å². The Bertz CT molecular complexity index is 953. The van der Waals surface area contributed by atoms with Gasteiger partial charge in [0.05, 0.1) is 35.7 Å². The van der Waals surface area contributed by atoms with Crippen LogP contribution in [0, 0.1) is 0 Å². The summed E-state index contributed by atoms with van der Waals surface area (Å²) in [5.74, 6) is 1.29. The lowest BCUT2D eigenvalue weighted by Crippen LogP contribution is -1.97. The smallest absolute Gasteiger partial charge is 0.203 e. The lowest BCUT2D eigenvalue weighted by atomic mass is 10.2. The topological polar surface area (TPSA) is 55.7 Å². The molecule has 0 bridgehead atoms. The van der Waals surface area contributed by atoms with Crippen LogP contribution in [0.2, 0.25) is 10.0 Å². The molecule has 0 aliphatic carbocycles. The van der Waals surface area contributed by atoms with Crippen molar-refractivity contribution in [3.63, 3.8) is 0 Å². The SMILES string of the molecule is CCCOc1c(Cl)cc(/C=N\Nc2nc(-c3cccc(OC)c3)cs2)cc1Cl. The summed E-state index contributed by atoms with van der Waals surface area (Å²) in [5.41, 5.74) is 5.52. The highest BCUT2D eigenvalue weighted by molar-refractivity contribution is 7.14. The second kappa shape index (κ2) is 9.78. The van der Waals surface area contributed by atoms with Gasteiger partial charge in [-0.2, -0.15) is 5.10 Å². The van der Waals surface area contributed by atoms with Gasteiger partial charge in [0.15, 0.2) is 5.75 Å². The van der Waals surface area contributed by atoms with Crippen molar-refractivity contribution in [1.82, 2.24) is 4.98 Å². The van der Waals surface area contributed by atoms with Gasteiger partial charge in [-0.25, -0.2) is 4.98 Å². The number of anilines is 1. The lowest BCUT2D eigenvalue weighted by Gasteiger charge is -2.09. The Kier molecular flexibility index (Phi) is 7.14. The number of hydrogen-bond acceptors (Lipinski definition) is 6. The van der Waals surface area contributed by atoms with Crippen LogP contribution in [0.1, 0.15) is 18.9 Å². The highest BCUT2D eigenvalue weighted by atomic mass is 35.5. The van der Waals surface area contributed by atoms with E-state index in [-0.39, 0.29) is 0 Å². The Hall–Kier alpha value is -2.28. The van der Waals surface area contributed by atoms with Crippen molar-refractivity contribution in [2.24, 2.45) is 5.10 Å². The van der Waals surface area contributed by atoms with Gasteiger partial charge in [-0.3, -0.25) is 5.43 Å². The van der Waals surface area contributed by atoms with E-state index < -0.39 is 0 Å². The quantitative estimate of drug-likeness (QED) is 0.330. The molecule has 8 heteroatoms. The minimum atomic E-state index is 0.456. The van der Waals surface area contributed by atoms with E-state index in [0.29, 0.717) is 27.5 Å². The maximum atomic E-state index is 6.25. The van der Waals surface area contributed by atoms with E-state index in [0.717, 1.165) is 29.0 Å². The Labute approximate surface area is 177 Å². The van der Waals surface area contributed by atoms with Crippen molar-refractivity contribution < 1.29 is 9.47 Å². The zero-order valence-electron chi connectivity index (χ0n) is 15.4. The molecule has 3 rings (SSSR count). The number of halogens is 2. The molecule has 0 unspecified atom stereocenters. The summed E-state index contributed by atoms with van der Waals surface area (Å²) in [4.78, 5) is 4.54. The van der Waals surface area contributed by atoms with Gasteiger partial charge in [0.2, 0.25) is 5.13 Å². The Balaban J connectivity index is 1.67. The van der Waals surface area contributed by atoms with Crippen LogP contribution in [-0.2, 0) is 0 Å². The number of rotatable bonds is 8. The first-order chi connectivity index (χ1) is 13.6. The van der Waals surface area contributed by atoms with E-state index in [2.05, 4.69) is 15.5 Å². The predicted octanol–water partition coefficient (Wildman–Crippen LogP) is 6.36. The van der Waals surface area contributed by atoms with Gasteiger partial charge >= 0.3 is 0 Å². The second-order valence-electron chi connectivity index (χ2n) is 5.80. The van der Waals surface area contributed by atoms with Gasteiger partial charge in [-0.05, 0) is 36.2 Å². The number of nitrogens with one attached hydrogen (secondary N) is 1. The molecule has 146 valence electrons. The van der Waals surface area contributed by atoms with Crippen LogP contribution in [0.25, 0.3) is 11.3 Å². The molecule has 0 aliphatic rings. The van der Waals surface area contributed by atoms with Crippen molar-refractivity contribution in [3.05, 3.63) is 57.4 Å². The molecule has 0 fully saturated rings. The number of benzene rings is 2. The van der Waals surface area contributed by atoms with Crippen LogP contribution in [0.4, 0.5) is 5.13 Å². The average molecular weight is 436 g/mol. The zero-order chi connectivity index (χ0) is 19.9. The molecule has 1 aromatic heterocycles. The first kappa shape index (κ1) is 20.5. The number of hydrogen-bond donors (Lipinski definition) is 1. The van der Waals surface area contributed by atoms with Gasteiger partial charge in [0, 0.05) is 10.9 Å². The molecule has 0 saturated heterocycles. The maximum absolute atomic E-state index is 6.25. The molecule has 0 atom stereocenters. The fourth-order valence-corrected chi connectivity index (χ4v) is 3.68. The van der Waals surface area contributed by atoms with Crippen LogP contribution in [0.5, 0.6) is 11.5 Å². The highest BCUT2D eigenvalue weighted by Crippen LogP contribution is 2.34. The summed E-state index contributed by atoms with van der Waals surface area (Å²) in [6.07, 6.45) is 2.51. The molecule has 1 heterocycles. The maximum Gasteiger partial charge on any atom is 0.203 e. The summed E-state index contributed by atoms with van der Waals surface area (Å²) in [5, 5.41) is 7.76. The summed E-state index contributed by atoms with van der Waals surface area (Å²) in [6.45, 7) is 2.58. The Morgan fingerprint density at radius 3 is 2.71 bits per heavy atom. The third kappa shape index (κ3) is 5.16. The van der Waals surface area contributed by atoms with Gasteiger partial charge in [-0.15, -0.1) is 11.3 Å². The molecule has 0 amide bonds. The molecule has 5 nitrogen and oxygen atoms in total. The summed E-state index contributed by atoms with van der Waals surface area (Å²) in [6, 6.07) is 11.3. The molecule has 2 aromatic carbocycles. The van der Waals surface area contributed by atoms with Crippen molar-refractivity contribution in [1.29, 1.82) is 0 Å². The molecule has 0 aliphatic heterocycles. The Morgan fingerprint density at radius 1 is 1.21 bits per heavy atom. The average Bonchev–Trinajstić information content (AvgIpc) is 3.16. The van der Waals surface area contributed by atoms with Crippen molar-refractivity contribution >= 4 is 45.9 Å². The summed E-state index contributed by atoms with van der Waals surface area (Å²) >= 11 is 14.0. The molecule has 0 saturated carbocycles. The standard InChI is InChI=1S/C20H19Cl2N3O2S/c1-3-7-27-19-16(21)8-13(9-17(19)22)11-23-25-20-24-18(12-28-20)14-5-4-6-15(10-14)26-2/h4-6,8-12H,3,7H2,1-2H3,(H,24,25)/b23-11-. The molecule has 28 heavy (non-hydrogen) atoms. The Morgan fingerprint density at radius 2 is 2.00 bits per heavy atom. The van der Waals surface area contributed by atoms with Crippen LogP contribution >= 0.6 is 34.5 Å². The largest absolute Gasteiger partial charge is 0.497 e. The second-order valence-corrected chi connectivity index (χ2v) is 7.47. The van der Waals surface area contributed by atoms with E-state index in [1.165, 1.54) is 11.3 Å². The third-order valence-electron chi connectivity index (χ3n) is 3.71. The van der Waals surface area contributed by atoms with Gasteiger partial charge < -0.3 is 9.47 Å². The predicted molar refractivity (Wildman–Crippen MR) is 118 cm³/mol. The highest BCUT2D eigenvalue weighted by Gasteiger charge is 2.09. The van der Waals surface area contributed by atoms with Crippen LogP contribution in [-0.4, -0.2) is 24.9 Å². The number of methoxy groups -OCH3 is 1. The minimum Gasteiger partial charge on any atom is -0.497 e. The summed E-state index contributed by atoms with van der Waals surface area (Å²) in [7, 11) is 1.64. The fourth-order valence-electron chi connectivity index (χ4n) is 2.40. The zero-order valence-corrected chi connectivity index (χ0v) is 17.7. The minimum absolute atomic E-state index is 0.456. The number of ether oxygens (including phenoxy) is 2. The normalized spacial score (nSPS) is 11.0. The number of thiazole rings is 1. The van der Waals surface area contributed by atoms with Crippen molar-refractivity contribution in [2.75, 3.05) is 19.1 Å². The van der Waals surface area contributed by atoms with Crippen LogP contribution in [0.3, 0.4) is 0 Å². The van der Waals surface area contributed by atoms with Gasteiger partial charge in [0.25, 0.3) is 0 Å². The molecule has 0 spiro atoms. The first-order valence-electron chi connectivity index (χ1n) is 8.61. The van der Waals surface area contributed by atoms with E-state index in [9.17, 15) is 0 Å². The van der Waals surface area contributed by atoms with E-state index in [4.69, 9.17) is 32.7 Å². The summed E-state index contributed by atoms with van der Waals surface area (Å²) < 4.78 is 10.8. The molecule has 0 radical (unpaired) electrons. The fraction of sp³-hybridized carbons (Fsp3) is 0.200. The van der Waals surface area contributed by atoms with E-state index in [1.54, 1.807) is 25.5 Å². The van der Waals surface area contributed by atoms with Crippen LogP contribution < -0.4 is 14.9 Å². The van der Waals surface area contributed by atoms with E-state index >= 15 is 0 Å². The third-order valence-corrected chi connectivity index (χ3v) is 5.02. The molecule has 3 aromatic rings. The van der Waals surface area contributed by atoms with Crippen LogP contribution in [0.15, 0.2) is 46.9 Å².